The van der Waals surface area contributed by atoms with Gasteiger partial charge in [0.2, 0.25) is 5.75 Å². The molecule has 0 unspecified atom stereocenters. The van der Waals surface area contributed by atoms with Crippen LogP contribution in [-0.4, -0.2) is 40.5 Å². The summed E-state index contributed by atoms with van der Waals surface area (Å²) >= 11 is 1.75. The number of fused-ring (bicyclic) bond motifs is 2. The maximum Gasteiger partial charge on any atom is 0.338 e. The van der Waals surface area contributed by atoms with Gasteiger partial charge in [0.1, 0.15) is 6.61 Å². The molecule has 0 radical (unpaired) electrons. The number of hydrogen-bond donors (Lipinski definition) is 0. The van der Waals surface area contributed by atoms with Gasteiger partial charge in [0.25, 0.3) is 0 Å². The summed E-state index contributed by atoms with van der Waals surface area (Å²) in [5.74, 6) is 0.794. The molecule has 0 saturated heterocycles. The molecule has 6 nitrogen and oxygen atoms in total. The van der Waals surface area contributed by atoms with Crippen molar-refractivity contribution in [1.29, 1.82) is 0 Å². The summed E-state index contributed by atoms with van der Waals surface area (Å²) in [6.45, 7) is 0.758. The molecule has 0 saturated carbocycles. The number of rotatable bonds is 7. The highest BCUT2D eigenvalue weighted by Gasteiger charge is 2.23. The Balaban J connectivity index is 1.51. The van der Waals surface area contributed by atoms with E-state index in [0.29, 0.717) is 29.4 Å². The van der Waals surface area contributed by atoms with Crippen molar-refractivity contribution in [1.82, 2.24) is 0 Å². The van der Waals surface area contributed by atoms with E-state index in [4.69, 9.17) is 18.9 Å². The Labute approximate surface area is 185 Å². The molecule has 4 rings (SSSR count). The van der Waals surface area contributed by atoms with Gasteiger partial charge in [0.15, 0.2) is 11.5 Å². The number of nitrogens with zero attached hydrogens (tertiary/aromatic N) is 1. The van der Waals surface area contributed by atoms with Gasteiger partial charge < -0.3 is 23.8 Å². The van der Waals surface area contributed by atoms with Gasteiger partial charge in [0.05, 0.1) is 44.8 Å². The van der Waals surface area contributed by atoms with Crippen LogP contribution >= 0.6 is 11.8 Å². The monoisotopic (exact) mass is 437 g/mol. The lowest BCUT2D eigenvalue weighted by Gasteiger charge is -2.32. The van der Waals surface area contributed by atoms with Crippen LogP contribution in [0.5, 0.6) is 17.2 Å². The van der Waals surface area contributed by atoms with Crippen molar-refractivity contribution in [3.8, 4) is 17.2 Å². The van der Waals surface area contributed by atoms with Crippen LogP contribution in [0.15, 0.2) is 70.5 Å². The zero-order chi connectivity index (χ0) is 21.8. The van der Waals surface area contributed by atoms with E-state index < -0.39 is 5.97 Å². The normalized spacial score (nSPS) is 11.9. The molecule has 3 aromatic rings. The van der Waals surface area contributed by atoms with Crippen molar-refractivity contribution >= 4 is 29.1 Å². The summed E-state index contributed by atoms with van der Waals surface area (Å²) < 4.78 is 21.6. The molecule has 7 heteroatoms. The zero-order valence-corrected chi connectivity index (χ0v) is 18.4. The highest BCUT2D eigenvalue weighted by atomic mass is 32.2. The van der Waals surface area contributed by atoms with Crippen molar-refractivity contribution in [2.24, 2.45) is 0 Å². The minimum absolute atomic E-state index is 0.225. The first-order valence-electron chi connectivity index (χ1n) is 9.77. The average Bonchev–Trinajstić information content (AvgIpc) is 2.82. The predicted octanol–water partition coefficient (Wildman–Crippen LogP) is 5.17. The van der Waals surface area contributed by atoms with Gasteiger partial charge in [-0.3, -0.25) is 0 Å². The Bertz CT molecular complexity index is 1030. The number of esters is 1. The topological polar surface area (TPSA) is 57.2 Å². The first-order chi connectivity index (χ1) is 15.2. The average molecular weight is 438 g/mol. The molecular formula is C24H23NO5S. The van der Waals surface area contributed by atoms with E-state index in [1.54, 1.807) is 23.9 Å². The molecule has 0 atom stereocenters. The van der Waals surface area contributed by atoms with Crippen LogP contribution in [0.4, 0.5) is 11.4 Å². The number of hydrogen-bond acceptors (Lipinski definition) is 7. The number of carbonyl (C=O) groups is 1. The van der Waals surface area contributed by atoms with Gasteiger partial charge in [-0.2, -0.15) is 0 Å². The van der Waals surface area contributed by atoms with Crippen molar-refractivity contribution < 1.29 is 23.7 Å². The largest absolute Gasteiger partial charge is 0.493 e. The number of methoxy groups -OCH3 is 3. The number of para-hydroxylation sites is 2. The molecule has 31 heavy (non-hydrogen) atoms. The Morgan fingerprint density at radius 2 is 1.39 bits per heavy atom. The Kier molecular flexibility index (Phi) is 6.23. The van der Waals surface area contributed by atoms with Gasteiger partial charge >= 0.3 is 5.97 Å². The molecule has 0 bridgehead atoms. The second-order valence-corrected chi connectivity index (χ2v) is 7.82. The predicted molar refractivity (Wildman–Crippen MR) is 120 cm³/mol. The molecule has 0 spiro atoms. The third-order valence-corrected chi connectivity index (χ3v) is 6.11. The van der Waals surface area contributed by atoms with Crippen LogP contribution in [0.1, 0.15) is 10.4 Å². The van der Waals surface area contributed by atoms with E-state index in [-0.39, 0.29) is 6.61 Å². The molecule has 0 N–H and O–H groups in total. The molecule has 160 valence electrons. The van der Waals surface area contributed by atoms with E-state index >= 15 is 0 Å². The molecule has 1 heterocycles. The van der Waals surface area contributed by atoms with Crippen molar-refractivity contribution in [2.75, 3.05) is 39.4 Å². The SMILES string of the molecule is COc1cc(C(=O)OCCN2c3ccccc3Sc3ccccc32)cc(OC)c1OC. The van der Waals surface area contributed by atoms with E-state index in [0.717, 1.165) is 11.4 Å². The quantitative estimate of drug-likeness (QED) is 0.473. The number of anilines is 2. The van der Waals surface area contributed by atoms with Gasteiger partial charge in [-0.15, -0.1) is 0 Å². The van der Waals surface area contributed by atoms with Crippen molar-refractivity contribution in [3.63, 3.8) is 0 Å². The van der Waals surface area contributed by atoms with E-state index in [1.807, 2.05) is 24.3 Å². The molecule has 0 aliphatic carbocycles. The summed E-state index contributed by atoms with van der Waals surface area (Å²) in [4.78, 5) is 17.3. The lowest BCUT2D eigenvalue weighted by atomic mass is 10.2. The second-order valence-electron chi connectivity index (χ2n) is 6.74. The lowest BCUT2D eigenvalue weighted by Crippen LogP contribution is -2.26. The Hall–Kier alpha value is -3.32. The fourth-order valence-corrected chi connectivity index (χ4v) is 4.63. The summed E-state index contributed by atoms with van der Waals surface area (Å²) in [6, 6.07) is 19.6. The molecule has 1 aliphatic rings. The van der Waals surface area contributed by atoms with Crippen LogP contribution in [0.25, 0.3) is 0 Å². The Morgan fingerprint density at radius 3 is 1.90 bits per heavy atom. The van der Waals surface area contributed by atoms with Crippen LogP contribution in [0.3, 0.4) is 0 Å². The van der Waals surface area contributed by atoms with Crippen molar-refractivity contribution in [3.05, 3.63) is 66.2 Å². The molecule has 0 amide bonds. The molecule has 1 aliphatic heterocycles. The summed E-state index contributed by atoms with van der Waals surface area (Å²) in [5, 5.41) is 0. The maximum atomic E-state index is 12.7. The fraction of sp³-hybridized carbons (Fsp3) is 0.208. The minimum Gasteiger partial charge on any atom is -0.493 e. The van der Waals surface area contributed by atoms with Crippen LogP contribution in [-0.2, 0) is 4.74 Å². The number of benzene rings is 3. The summed E-state index contributed by atoms with van der Waals surface area (Å²) in [5.41, 5.74) is 2.55. The molecule has 0 fully saturated rings. The molecular weight excluding hydrogens is 414 g/mol. The summed E-state index contributed by atoms with van der Waals surface area (Å²) in [7, 11) is 4.54. The third kappa shape index (κ3) is 4.14. The summed E-state index contributed by atoms with van der Waals surface area (Å²) in [6.07, 6.45) is 0. The van der Waals surface area contributed by atoms with Gasteiger partial charge in [-0.1, -0.05) is 36.0 Å². The van der Waals surface area contributed by atoms with E-state index in [1.165, 1.54) is 31.1 Å². The van der Waals surface area contributed by atoms with Crippen LogP contribution < -0.4 is 19.1 Å². The van der Waals surface area contributed by atoms with Crippen LogP contribution in [0, 0.1) is 0 Å². The standard InChI is InChI=1S/C24H23NO5S/c1-27-19-14-16(15-20(28-2)23(19)29-3)24(26)30-13-12-25-17-8-4-6-10-21(17)31-22-11-7-5-9-18(22)25/h4-11,14-15H,12-13H2,1-3H3. The van der Waals surface area contributed by atoms with Gasteiger partial charge in [-0.05, 0) is 36.4 Å². The highest BCUT2D eigenvalue weighted by molar-refractivity contribution is 7.99. The number of carbonyl (C=O) groups excluding carboxylic acids is 1. The smallest absolute Gasteiger partial charge is 0.338 e. The van der Waals surface area contributed by atoms with Crippen LogP contribution in [0.2, 0.25) is 0 Å². The van der Waals surface area contributed by atoms with Gasteiger partial charge in [0, 0.05) is 9.79 Å². The first-order valence-corrected chi connectivity index (χ1v) is 10.6. The lowest BCUT2D eigenvalue weighted by molar-refractivity contribution is 0.0516. The zero-order valence-electron chi connectivity index (χ0n) is 17.6. The fourth-order valence-electron chi connectivity index (χ4n) is 3.53. The second kappa shape index (κ2) is 9.22. The highest BCUT2D eigenvalue weighted by Crippen LogP contribution is 2.47. The van der Waals surface area contributed by atoms with Gasteiger partial charge in [-0.25, -0.2) is 4.79 Å². The number of ether oxygens (including phenoxy) is 4. The maximum absolute atomic E-state index is 12.7. The first kappa shape index (κ1) is 20.9. The Morgan fingerprint density at radius 1 is 0.839 bits per heavy atom. The van der Waals surface area contributed by atoms with E-state index in [9.17, 15) is 4.79 Å². The molecule has 0 aromatic heterocycles. The van der Waals surface area contributed by atoms with Crippen molar-refractivity contribution in [2.45, 2.75) is 9.79 Å². The minimum atomic E-state index is -0.452. The van der Waals surface area contributed by atoms with E-state index in [2.05, 4.69) is 29.2 Å². The third-order valence-electron chi connectivity index (χ3n) is 4.98. The molecule has 3 aromatic carbocycles.